The summed E-state index contributed by atoms with van der Waals surface area (Å²) in [6, 6.07) is 3.75. The van der Waals surface area contributed by atoms with Crippen LogP contribution in [-0.2, 0) is 47.1 Å². The minimum Gasteiger partial charge on any atom is -0.505 e. The van der Waals surface area contributed by atoms with Crippen LogP contribution in [0, 0.1) is 7.05 Å². The van der Waals surface area contributed by atoms with Crippen molar-refractivity contribution in [2.24, 2.45) is 0 Å². The van der Waals surface area contributed by atoms with Crippen LogP contribution in [-0.4, -0.2) is 55.0 Å². The van der Waals surface area contributed by atoms with Crippen molar-refractivity contribution in [3.63, 3.8) is 0 Å². The van der Waals surface area contributed by atoms with Crippen molar-refractivity contribution < 1.29 is 61.4 Å². The first-order valence-electron chi connectivity index (χ1n) is 8.22. The first-order valence-corrected chi connectivity index (χ1v) is 8.22. The van der Waals surface area contributed by atoms with Crippen molar-refractivity contribution in [1.82, 2.24) is 15.5 Å². The van der Waals surface area contributed by atoms with E-state index in [1.54, 1.807) is 13.1 Å². The van der Waals surface area contributed by atoms with Gasteiger partial charge in [0.25, 0.3) is 11.8 Å². The van der Waals surface area contributed by atoms with Gasteiger partial charge in [0.05, 0.1) is 17.2 Å². The molecule has 9 nitrogen and oxygen atoms in total. The number of rotatable bonds is 8. The third-order valence-corrected chi connectivity index (χ3v) is 3.66. The third kappa shape index (κ3) is 6.20. The molecule has 2 N–H and O–H groups in total. The molecule has 0 bridgehead atoms. The van der Waals surface area contributed by atoms with Crippen LogP contribution in [0.15, 0.2) is 18.2 Å². The number of imide groups is 1. The van der Waals surface area contributed by atoms with Crippen molar-refractivity contribution in [2.45, 2.75) is 25.8 Å². The number of carbonyl (C=O) groups is 5. The van der Waals surface area contributed by atoms with Gasteiger partial charge in [-0.05, 0) is 18.6 Å². The topological polar surface area (TPSA) is 122 Å². The average molecular weight is 465 g/mol. The van der Waals surface area contributed by atoms with Crippen molar-refractivity contribution in [3.05, 3.63) is 36.4 Å². The first kappa shape index (κ1) is 25.9. The van der Waals surface area contributed by atoms with Gasteiger partial charge in [0, 0.05) is 39.8 Å². The number of nitrogens with zero attached hydrogens (tertiary/aromatic N) is 1. The van der Waals surface area contributed by atoms with E-state index in [2.05, 4.69) is 17.7 Å². The number of fused-ring (bicyclic) bond motifs is 1. The predicted molar refractivity (Wildman–Crippen MR) is 95.8 cm³/mol. The van der Waals surface area contributed by atoms with E-state index in [4.69, 9.17) is 9.53 Å². The van der Waals surface area contributed by atoms with Crippen molar-refractivity contribution in [2.75, 3.05) is 13.7 Å². The van der Waals surface area contributed by atoms with Crippen LogP contribution < -0.4 is 15.4 Å². The fourth-order valence-corrected chi connectivity index (χ4v) is 2.44. The van der Waals surface area contributed by atoms with E-state index in [1.807, 2.05) is 6.92 Å². The Morgan fingerprint density at radius 2 is 1.93 bits per heavy atom. The quantitative estimate of drug-likeness (QED) is 0.324. The monoisotopic (exact) mass is 465 g/mol. The summed E-state index contributed by atoms with van der Waals surface area (Å²) in [5.74, 6) is -1.44. The summed E-state index contributed by atoms with van der Waals surface area (Å²) in [6.45, 7) is 1.54. The Morgan fingerprint density at radius 1 is 1.29 bits per heavy atom. The first-order chi connectivity index (χ1) is 13.0. The number of benzene rings is 1. The normalized spacial score (nSPS) is 12.6. The van der Waals surface area contributed by atoms with Gasteiger partial charge in [-0.15, -0.1) is 0 Å². The summed E-state index contributed by atoms with van der Waals surface area (Å²) in [7, 11) is 4.78. The summed E-state index contributed by atoms with van der Waals surface area (Å²) < 4.78 is 5.30. The summed E-state index contributed by atoms with van der Waals surface area (Å²) in [5.41, 5.74) is 0.253. The maximum Gasteiger partial charge on any atom is 0.265 e. The zero-order chi connectivity index (χ0) is 20.4. The van der Waals surface area contributed by atoms with Gasteiger partial charge >= 0.3 is 0 Å². The van der Waals surface area contributed by atoms with Crippen molar-refractivity contribution >= 4 is 30.4 Å². The molecule has 149 valence electrons. The van der Waals surface area contributed by atoms with E-state index in [0.29, 0.717) is 25.5 Å². The van der Waals surface area contributed by atoms with Crippen LogP contribution in [0.5, 0.6) is 5.75 Å². The summed E-state index contributed by atoms with van der Waals surface area (Å²) in [6.07, 6.45) is 2.28. The van der Waals surface area contributed by atoms with Crippen LogP contribution in [0.4, 0.5) is 0 Å². The molecular formula is C18H22N3O6Y-. The maximum atomic E-state index is 12.6. The summed E-state index contributed by atoms with van der Waals surface area (Å²) >= 11 is 0. The summed E-state index contributed by atoms with van der Waals surface area (Å²) in [5, 5.41) is 4.40. The van der Waals surface area contributed by atoms with Crippen molar-refractivity contribution in [3.8, 4) is 5.75 Å². The predicted octanol–water partition coefficient (Wildman–Crippen LogP) is 0.296. The van der Waals surface area contributed by atoms with Gasteiger partial charge in [-0.25, -0.2) is 0 Å². The molecule has 0 spiro atoms. The average Bonchev–Trinajstić information content (AvgIpc) is 2.95. The molecule has 1 aromatic rings. The molecular weight excluding hydrogens is 443 g/mol. The molecule has 1 heterocycles. The molecule has 0 aromatic heterocycles. The number of nitrogens with one attached hydrogen (secondary N) is 2. The second-order valence-corrected chi connectivity index (χ2v) is 5.45. The van der Waals surface area contributed by atoms with Gasteiger partial charge in [0.15, 0.2) is 6.61 Å². The van der Waals surface area contributed by atoms with Gasteiger partial charge in [0.2, 0.25) is 12.3 Å². The SMILES string of the molecule is CNC=O.[CH2-]NC(=O)COc1cccc2c1C(=O)N(C(C=O)CCC)C2=O.[Y]. The molecule has 28 heavy (non-hydrogen) atoms. The Morgan fingerprint density at radius 3 is 2.43 bits per heavy atom. The molecule has 4 amide bonds. The molecule has 1 atom stereocenters. The molecule has 1 radical (unpaired) electrons. The second kappa shape index (κ2) is 13.1. The van der Waals surface area contributed by atoms with Crippen LogP contribution in [0.25, 0.3) is 0 Å². The number of hydrogen-bond acceptors (Lipinski definition) is 6. The maximum absolute atomic E-state index is 12.6. The molecule has 2 rings (SSSR count). The van der Waals surface area contributed by atoms with E-state index in [0.717, 1.165) is 4.90 Å². The molecule has 10 heteroatoms. The molecule has 0 saturated heterocycles. The molecule has 1 aliphatic rings. The van der Waals surface area contributed by atoms with Crippen LogP contribution >= 0.6 is 0 Å². The van der Waals surface area contributed by atoms with E-state index in [-0.39, 0.29) is 56.2 Å². The number of amides is 4. The van der Waals surface area contributed by atoms with E-state index < -0.39 is 23.8 Å². The molecule has 0 fully saturated rings. The van der Waals surface area contributed by atoms with Crippen molar-refractivity contribution in [1.29, 1.82) is 0 Å². The van der Waals surface area contributed by atoms with Gasteiger partial charge in [-0.2, -0.15) is 0 Å². The third-order valence-electron chi connectivity index (χ3n) is 3.66. The van der Waals surface area contributed by atoms with E-state index in [1.165, 1.54) is 12.1 Å². The fourth-order valence-electron chi connectivity index (χ4n) is 2.44. The Labute approximate surface area is 188 Å². The Hall–Kier alpha value is -2.13. The van der Waals surface area contributed by atoms with Gasteiger partial charge < -0.3 is 20.2 Å². The smallest absolute Gasteiger partial charge is 0.265 e. The minimum absolute atomic E-state index is 0. The fraction of sp³-hybridized carbons (Fsp3) is 0.333. The number of ether oxygens (including phenoxy) is 1. The van der Waals surface area contributed by atoms with Crippen LogP contribution in [0.1, 0.15) is 40.5 Å². The Bertz CT molecular complexity index is 725. The van der Waals surface area contributed by atoms with E-state index >= 15 is 0 Å². The number of hydrogen-bond donors (Lipinski definition) is 2. The second-order valence-electron chi connectivity index (χ2n) is 5.45. The summed E-state index contributed by atoms with van der Waals surface area (Å²) in [4.78, 5) is 57.5. The number of aldehydes is 1. The molecule has 1 aliphatic heterocycles. The molecule has 1 aromatic carbocycles. The molecule has 0 aliphatic carbocycles. The largest absolute Gasteiger partial charge is 0.505 e. The Kier molecular flexibility index (Phi) is 12.1. The zero-order valence-corrected chi connectivity index (χ0v) is 18.6. The van der Waals surface area contributed by atoms with Crippen LogP contribution in [0.3, 0.4) is 0 Å². The Balaban J connectivity index is 0.00000133. The molecule has 0 saturated carbocycles. The van der Waals surface area contributed by atoms with Crippen LogP contribution in [0.2, 0.25) is 0 Å². The van der Waals surface area contributed by atoms with Gasteiger partial charge in [-0.1, -0.05) is 19.4 Å². The van der Waals surface area contributed by atoms with Gasteiger partial charge in [-0.3, -0.25) is 31.1 Å². The molecule has 1 unspecified atom stereocenters. The van der Waals surface area contributed by atoms with E-state index in [9.17, 15) is 19.2 Å². The zero-order valence-electron chi connectivity index (χ0n) is 15.8. The standard InChI is InChI=1S/C16H17N2O5.C2H5NO.Y/c1-3-5-10(8-19)18-15(21)11-6-4-7-12(14(11)16(18)22)23-9-13(20)17-2;1-3-2-4;/h4,6-8,10H,2-3,5,9H2,1H3,(H,17,20);2H,1H3,(H,3,4);/q-1;;. The van der Waals surface area contributed by atoms with Gasteiger partial charge in [0.1, 0.15) is 12.0 Å². The number of carbonyl (C=O) groups excluding carboxylic acids is 5. The minimum atomic E-state index is -0.802.